The summed E-state index contributed by atoms with van der Waals surface area (Å²) in [5, 5.41) is 5.88. The second-order valence-corrected chi connectivity index (χ2v) is 7.59. The maximum atomic E-state index is 12.8. The summed E-state index contributed by atoms with van der Waals surface area (Å²) in [6.07, 6.45) is -4.20. The van der Waals surface area contributed by atoms with Gasteiger partial charge in [0.2, 0.25) is 11.8 Å². The Bertz CT molecular complexity index is 890. The molecule has 0 atom stereocenters. The summed E-state index contributed by atoms with van der Waals surface area (Å²) in [4.78, 5) is 24.1. The number of carbonyl (C=O) groups is 2. The monoisotopic (exact) mass is 434 g/mol. The molecule has 0 saturated carbocycles. The summed E-state index contributed by atoms with van der Waals surface area (Å²) in [5.74, 6) is -2.30. The molecule has 0 radical (unpaired) electrons. The second kappa shape index (κ2) is 9.72. The molecule has 1 heterocycles. The number of anilines is 3. The van der Waals surface area contributed by atoms with Crippen molar-refractivity contribution in [3.05, 3.63) is 54.1 Å². The van der Waals surface area contributed by atoms with Gasteiger partial charge in [-0.05, 0) is 54.8 Å². The maximum Gasteiger partial charge on any atom is 0.391 e. The van der Waals surface area contributed by atoms with Gasteiger partial charge in [-0.3, -0.25) is 9.59 Å². The van der Waals surface area contributed by atoms with Gasteiger partial charge in [0.05, 0.1) is 5.92 Å². The minimum absolute atomic E-state index is 0.124. The summed E-state index contributed by atoms with van der Waals surface area (Å²) < 4.78 is 38.5. The zero-order chi connectivity index (χ0) is 22.4. The van der Waals surface area contributed by atoms with Crippen LogP contribution in [0.2, 0.25) is 0 Å². The molecule has 0 bridgehead atoms. The van der Waals surface area contributed by atoms with Crippen molar-refractivity contribution in [1.29, 1.82) is 0 Å². The molecule has 1 aliphatic heterocycles. The van der Waals surface area contributed by atoms with Crippen LogP contribution in [0.15, 0.2) is 48.5 Å². The number of hydrogen-bond donors (Lipinski definition) is 3. The van der Waals surface area contributed by atoms with Crippen molar-refractivity contribution in [2.24, 2.45) is 11.7 Å². The summed E-state index contributed by atoms with van der Waals surface area (Å²) >= 11 is 0. The molecule has 2 aromatic carbocycles. The van der Waals surface area contributed by atoms with E-state index in [9.17, 15) is 22.8 Å². The minimum Gasteiger partial charge on any atom is -0.372 e. The molecule has 6 nitrogen and oxygen atoms in total. The number of primary amides is 1. The SMILES string of the molecule is NC(=O)CC(=O)NCc1ccc(Nc2ccc(N3CCC(C(F)(F)F)CC3)cc2)cc1. The fraction of sp³-hybridized carbons (Fsp3) is 0.364. The predicted molar refractivity (Wildman–Crippen MR) is 113 cm³/mol. The molecule has 0 unspecified atom stereocenters. The molecule has 0 aromatic heterocycles. The van der Waals surface area contributed by atoms with E-state index in [1.807, 2.05) is 53.4 Å². The van der Waals surface area contributed by atoms with Crippen LogP contribution in [-0.2, 0) is 16.1 Å². The number of piperidine rings is 1. The van der Waals surface area contributed by atoms with Gasteiger partial charge in [0, 0.05) is 36.7 Å². The first-order valence-electron chi connectivity index (χ1n) is 10.0. The van der Waals surface area contributed by atoms with Gasteiger partial charge >= 0.3 is 6.18 Å². The van der Waals surface area contributed by atoms with Crippen molar-refractivity contribution >= 4 is 28.9 Å². The molecule has 4 N–H and O–H groups in total. The first kappa shape index (κ1) is 22.5. The number of hydrogen-bond acceptors (Lipinski definition) is 4. The van der Waals surface area contributed by atoms with Crippen LogP contribution in [-0.4, -0.2) is 31.1 Å². The lowest BCUT2D eigenvalue weighted by atomic mass is 9.96. The van der Waals surface area contributed by atoms with Gasteiger partial charge < -0.3 is 21.3 Å². The Kier molecular flexibility index (Phi) is 7.04. The molecule has 2 aromatic rings. The van der Waals surface area contributed by atoms with Crippen LogP contribution in [0.4, 0.5) is 30.2 Å². The number of carbonyl (C=O) groups excluding carboxylic acids is 2. The molecule has 1 aliphatic rings. The van der Waals surface area contributed by atoms with Gasteiger partial charge in [0.1, 0.15) is 6.42 Å². The molecule has 166 valence electrons. The number of amides is 2. The number of halogens is 3. The average molecular weight is 434 g/mol. The summed E-state index contributed by atoms with van der Waals surface area (Å²) in [6, 6.07) is 15.0. The summed E-state index contributed by atoms with van der Waals surface area (Å²) in [7, 11) is 0. The van der Waals surface area contributed by atoms with Gasteiger partial charge in [-0.15, -0.1) is 0 Å². The third-order valence-electron chi connectivity index (χ3n) is 5.26. The number of rotatable bonds is 7. The number of nitrogens with one attached hydrogen (secondary N) is 2. The molecule has 2 amide bonds. The molecular formula is C22H25F3N4O2. The van der Waals surface area contributed by atoms with Crippen LogP contribution in [0.1, 0.15) is 24.8 Å². The number of alkyl halides is 3. The first-order chi connectivity index (χ1) is 14.7. The van der Waals surface area contributed by atoms with Crippen molar-refractivity contribution in [2.75, 3.05) is 23.3 Å². The van der Waals surface area contributed by atoms with Crippen molar-refractivity contribution in [3.63, 3.8) is 0 Å². The largest absolute Gasteiger partial charge is 0.391 e. The number of benzene rings is 2. The topological polar surface area (TPSA) is 87.5 Å². The van der Waals surface area contributed by atoms with Crippen molar-refractivity contribution < 1.29 is 22.8 Å². The van der Waals surface area contributed by atoms with Gasteiger partial charge in [0.25, 0.3) is 0 Å². The van der Waals surface area contributed by atoms with Crippen LogP contribution in [0.5, 0.6) is 0 Å². The van der Waals surface area contributed by atoms with E-state index in [0.717, 1.165) is 22.6 Å². The van der Waals surface area contributed by atoms with E-state index >= 15 is 0 Å². The fourth-order valence-corrected chi connectivity index (χ4v) is 3.51. The van der Waals surface area contributed by atoms with Gasteiger partial charge in [-0.1, -0.05) is 12.1 Å². The highest BCUT2D eigenvalue weighted by molar-refractivity contribution is 5.95. The van der Waals surface area contributed by atoms with Crippen molar-refractivity contribution in [1.82, 2.24) is 5.32 Å². The molecule has 9 heteroatoms. The van der Waals surface area contributed by atoms with Crippen LogP contribution < -0.4 is 21.3 Å². The first-order valence-corrected chi connectivity index (χ1v) is 10.0. The fourth-order valence-electron chi connectivity index (χ4n) is 3.51. The van der Waals surface area contributed by atoms with E-state index in [-0.39, 0.29) is 19.3 Å². The van der Waals surface area contributed by atoms with Crippen LogP contribution in [0, 0.1) is 5.92 Å². The zero-order valence-electron chi connectivity index (χ0n) is 16.9. The molecule has 0 aliphatic carbocycles. The van der Waals surface area contributed by atoms with Crippen molar-refractivity contribution in [3.8, 4) is 0 Å². The smallest absolute Gasteiger partial charge is 0.372 e. The van der Waals surface area contributed by atoms with E-state index in [1.54, 1.807) is 0 Å². The van der Waals surface area contributed by atoms with Crippen LogP contribution >= 0.6 is 0 Å². The highest BCUT2D eigenvalue weighted by atomic mass is 19.4. The Morgan fingerprint density at radius 2 is 1.52 bits per heavy atom. The van der Waals surface area contributed by atoms with E-state index < -0.39 is 23.9 Å². The van der Waals surface area contributed by atoms with Crippen molar-refractivity contribution in [2.45, 2.75) is 32.0 Å². The Morgan fingerprint density at radius 1 is 0.968 bits per heavy atom. The van der Waals surface area contributed by atoms with E-state index in [2.05, 4.69) is 10.6 Å². The Balaban J connectivity index is 1.50. The zero-order valence-corrected chi connectivity index (χ0v) is 16.9. The standard InChI is InChI=1S/C22H25F3N4O2/c23-22(24,25)16-9-11-29(12-10-16)19-7-5-18(6-8-19)28-17-3-1-15(2-4-17)14-27-21(31)13-20(26)30/h1-8,16,28H,9-14H2,(H2,26,30)(H,27,31). The second-order valence-electron chi connectivity index (χ2n) is 7.59. The van der Waals surface area contributed by atoms with Crippen LogP contribution in [0.3, 0.4) is 0 Å². The van der Waals surface area contributed by atoms with Gasteiger partial charge in [0.15, 0.2) is 0 Å². The van der Waals surface area contributed by atoms with Gasteiger partial charge in [-0.25, -0.2) is 0 Å². The van der Waals surface area contributed by atoms with Crippen LogP contribution in [0.25, 0.3) is 0 Å². The third-order valence-corrected chi connectivity index (χ3v) is 5.26. The minimum atomic E-state index is -4.11. The summed E-state index contributed by atoms with van der Waals surface area (Å²) in [5.41, 5.74) is 8.47. The molecule has 31 heavy (non-hydrogen) atoms. The predicted octanol–water partition coefficient (Wildman–Crippen LogP) is 3.70. The highest BCUT2D eigenvalue weighted by Crippen LogP contribution is 2.35. The molecule has 1 fully saturated rings. The molecule has 1 saturated heterocycles. The lowest BCUT2D eigenvalue weighted by Gasteiger charge is -2.34. The summed E-state index contributed by atoms with van der Waals surface area (Å²) in [6.45, 7) is 1.09. The van der Waals surface area contributed by atoms with E-state index in [0.29, 0.717) is 19.6 Å². The van der Waals surface area contributed by atoms with Gasteiger partial charge in [-0.2, -0.15) is 13.2 Å². The Morgan fingerprint density at radius 3 is 2.03 bits per heavy atom. The number of nitrogens with zero attached hydrogens (tertiary/aromatic N) is 1. The molecule has 0 spiro atoms. The molecular weight excluding hydrogens is 409 g/mol. The highest BCUT2D eigenvalue weighted by Gasteiger charge is 2.41. The molecule has 3 rings (SSSR count). The Labute approximate surface area is 178 Å². The average Bonchev–Trinajstić information content (AvgIpc) is 2.73. The lowest BCUT2D eigenvalue weighted by Crippen LogP contribution is -2.38. The van der Waals surface area contributed by atoms with E-state index in [4.69, 9.17) is 5.73 Å². The quantitative estimate of drug-likeness (QED) is 0.580. The maximum absolute atomic E-state index is 12.8. The Hall–Kier alpha value is -3.23. The third kappa shape index (κ3) is 6.63. The van der Waals surface area contributed by atoms with E-state index in [1.165, 1.54) is 0 Å². The lowest BCUT2D eigenvalue weighted by molar-refractivity contribution is -0.179. The normalized spacial score (nSPS) is 14.9. The number of nitrogens with two attached hydrogens (primary N) is 1.